The van der Waals surface area contributed by atoms with E-state index in [2.05, 4.69) is 50.3 Å². The van der Waals surface area contributed by atoms with E-state index in [9.17, 15) is 19.5 Å². The molecule has 0 rings (SSSR count). The first kappa shape index (κ1) is 65.5. The third kappa shape index (κ3) is 48.6. The molecular weight excluding hydrogens is 847 g/mol. The second-order valence-electron chi connectivity index (χ2n) is 20.9. The molecule has 0 heterocycles. The van der Waals surface area contributed by atoms with Crippen molar-refractivity contribution in [3.05, 3.63) is 36.5 Å². The van der Waals surface area contributed by atoms with E-state index >= 15 is 0 Å². The number of hydrogen-bond donors (Lipinski definition) is 0. The average molecular weight is 959 g/mol. The molecule has 0 amide bonds. The molecule has 0 saturated carbocycles. The number of ether oxygens (including phenoxy) is 3. The Balaban J connectivity index is 4.15. The third-order valence-electron chi connectivity index (χ3n) is 13.3. The van der Waals surface area contributed by atoms with Crippen LogP contribution in [0.4, 0.5) is 0 Å². The Labute approximate surface area is 421 Å². The van der Waals surface area contributed by atoms with Gasteiger partial charge in [0, 0.05) is 19.3 Å². The van der Waals surface area contributed by atoms with Gasteiger partial charge in [-0.2, -0.15) is 0 Å². The molecule has 0 N–H and O–H groups in total. The fourth-order valence-electron chi connectivity index (χ4n) is 8.79. The molecule has 0 aliphatic heterocycles. The molecule has 8 nitrogen and oxygen atoms in total. The molecule has 398 valence electrons. The van der Waals surface area contributed by atoms with E-state index < -0.39 is 18.1 Å². The molecule has 0 radical (unpaired) electrons. The van der Waals surface area contributed by atoms with Crippen LogP contribution in [-0.2, 0) is 28.6 Å². The van der Waals surface area contributed by atoms with Gasteiger partial charge >= 0.3 is 11.9 Å². The summed E-state index contributed by atoms with van der Waals surface area (Å²) in [5.41, 5.74) is 0. The highest BCUT2D eigenvalue weighted by atomic mass is 16.6. The Morgan fingerprint density at radius 2 is 0.779 bits per heavy atom. The fourth-order valence-corrected chi connectivity index (χ4v) is 8.79. The Kier molecular flexibility index (Phi) is 49.1. The summed E-state index contributed by atoms with van der Waals surface area (Å²) in [7, 11) is 5.43. The number of carbonyl (C=O) groups is 3. The van der Waals surface area contributed by atoms with Crippen LogP contribution >= 0.6 is 0 Å². The molecule has 2 atom stereocenters. The first-order valence-electron chi connectivity index (χ1n) is 29.0. The van der Waals surface area contributed by atoms with Gasteiger partial charge in [0.2, 0.25) is 0 Å². The maximum absolute atomic E-state index is 12.8. The summed E-state index contributed by atoms with van der Waals surface area (Å²) in [4.78, 5) is 37.2. The minimum atomic E-state index is -1.12. The number of rotatable bonds is 53. The van der Waals surface area contributed by atoms with Gasteiger partial charge in [-0.3, -0.25) is 9.59 Å². The summed E-state index contributed by atoms with van der Waals surface area (Å²) in [6, 6.07) is -0.726. The maximum atomic E-state index is 12.8. The highest BCUT2D eigenvalue weighted by Crippen LogP contribution is 2.17. The second-order valence-corrected chi connectivity index (χ2v) is 20.9. The molecule has 0 spiro atoms. The number of hydrogen-bond acceptors (Lipinski definition) is 7. The summed E-state index contributed by atoms with van der Waals surface area (Å²) >= 11 is 0. The van der Waals surface area contributed by atoms with E-state index in [0.29, 0.717) is 12.8 Å². The third-order valence-corrected chi connectivity index (χ3v) is 13.3. The molecule has 68 heavy (non-hydrogen) atoms. The summed E-state index contributed by atoms with van der Waals surface area (Å²) < 4.78 is 17.3. The lowest BCUT2D eigenvalue weighted by Crippen LogP contribution is -2.55. The Hall–Kier alpha value is -2.45. The molecule has 0 fully saturated rings. The number of likely N-dealkylation sites (N-methyl/N-ethyl adjacent to an activating group) is 1. The quantitative estimate of drug-likeness (QED) is 0.0259. The van der Waals surface area contributed by atoms with Crippen molar-refractivity contribution in [2.75, 3.05) is 41.0 Å². The van der Waals surface area contributed by atoms with Gasteiger partial charge in [-0.25, -0.2) is 0 Å². The largest absolute Gasteiger partial charge is 0.544 e. The number of carbonyl (C=O) groups excluding carboxylic acids is 3. The molecule has 0 aromatic rings. The molecule has 0 aromatic carbocycles. The van der Waals surface area contributed by atoms with E-state index in [4.69, 9.17) is 14.2 Å². The van der Waals surface area contributed by atoms with Crippen LogP contribution in [0.3, 0.4) is 0 Å². The van der Waals surface area contributed by atoms with Gasteiger partial charge in [-0.15, -0.1) is 0 Å². The van der Waals surface area contributed by atoms with Gasteiger partial charge in [0.25, 0.3) is 0 Å². The van der Waals surface area contributed by atoms with E-state index in [1.54, 1.807) is 0 Å². The van der Waals surface area contributed by atoms with Crippen LogP contribution in [0.2, 0.25) is 0 Å². The molecule has 0 bridgehead atoms. The van der Waals surface area contributed by atoms with Gasteiger partial charge in [-0.05, 0) is 51.4 Å². The highest BCUT2D eigenvalue weighted by molar-refractivity contribution is 5.70. The van der Waals surface area contributed by atoms with Crippen LogP contribution in [-0.4, -0.2) is 75.5 Å². The molecule has 0 aromatic heterocycles. The van der Waals surface area contributed by atoms with Crippen LogP contribution in [0.15, 0.2) is 36.5 Å². The normalized spacial score (nSPS) is 13.0. The average Bonchev–Trinajstić information content (AvgIpc) is 3.30. The van der Waals surface area contributed by atoms with Crippen molar-refractivity contribution in [3.8, 4) is 0 Å². The topological polar surface area (TPSA) is 102 Å². The van der Waals surface area contributed by atoms with Crippen LogP contribution in [0.5, 0.6) is 0 Å². The van der Waals surface area contributed by atoms with E-state index in [0.717, 1.165) is 57.8 Å². The molecule has 8 heteroatoms. The number of nitrogens with zero attached hydrogens (tertiary/aromatic N) is 1. The van der Waals surface area contributed by atoms with E-state index in [1.807, 2.05) is 21.1 Å². The Morgan fingerprint density at radius 1 is 0.441 bits per heavy atom. The zero-order chi connectivity index (χ0) is 49.9. The molecule has 2 unspecified atom stereocenters. The Bertz CT molecular complexity index is 1210. The van der Waals surface area contributed by atoms with Crippen LogP contribution in [0, 0.1) is 0 Å². The molecular formula is C60H111NO7. The lowest BCUT2D eigenvalue weighted by molar-refractivity contribution is -0.889. The van der Waals surface area contributed by atoms with Crippen LogP contribution in [0.1, 0.15) is 277 Å². The lowest BCUT2D eigenvalue weighted by Gasteiger charge is -2.34. The van der Waals surface area contributed by atoms with Gasteiger partial charge in [0.15, 0.2) is 6.10 Å². The number of carboxylic acid groups (broad SMARTS) is 1. The van der Waals surface area contributed by atoms with E-state index in [-0.39, 0.29) is 42.7 Å². The standard InChI is InChI=1S/C60H111NO7/c1-6-8-10-12-14-16-18-20-22-24-26-28-30-32-34-36-38-40-42-44-46-48-50-58(62)67-55-56(54-66-53-52-57(60(64)65)61(3,4)5)68-59(63)51-49-47-45-43-41-39-37-35-33-31-29-27-25-23-21-19-17-15-13-11-9-7-2/h15,17,21,23,27,29,56-57H,6-14,16,18-20,22,24-26,28,30-55H2,1-5H3/b17-15+,23-21+,29-27+. The summed E-state index contributed by atoms with van der Waals surface area (Å²) in [6.07, 6.45) is 61.8. The maximum Gasteiger partial charge on any atom is 0.306 e. The SMILES string of the molecule is CCCCC/C=C/C/C=C/C/C=C/CCCCCCCCCCCC(=O)OC(COCCC(C(=O)[O-])[N+](C)(C)C)COC(=O)CCCCCCCCCCCCCCCCCCCCCCCC. The smallest absolute Gasteiger partial charge is 0.306 e. The predicted octanol–water partition coefficient (Wildman–Crippen LogP) is 16.0. The number of aliphatic carboxylic acids is 1. The molecule has 0 aliphatic carbocycles. The first-order chi connectivity index (χ1) is 33.1. The van der Waals surface area contributed by atoms with Crippen LogP contribution < -0.4 is 5.11 Å². The van der Waals surface area contributed by atoms with E-state index in [1.165, 1.54) is 186 Å². The van der Waals surface area contributed by atoms with Gasteiger partial charge < -0.3 is 28.6 Å². The highest BCUT2D eigenvalue weighted by Gasteiger charge is 2.25. The summed E-state index contributed by atoms with van der Waals surface area (Å²) in [5, 5.41) is 11.7. The van der Waals surface area contributed by atoms with Crippen molar-refractivity contribution in [3.63, 3.8) is 0 Å². The van der Waals surface area contributed by atoms with Gasteiger partial charge in [0.1, 0.15) is 12.6 Å². The zero-order valence-corrected chi connectivity index (χ0v) is 45.5. The number of unbranched alkanes of at least 4 members (excludes halogenated alkanes) is 33. The van der Waals surface area contributed by atoms with Crippen LogP contribution in [0.25, 0.3) is 0 Å². The number of allylic oxidation sites excluding steroid dienone is 6. The monoisotopic (exact) mass is 958 g/mol. The number of quaternary nitrogens is 1. The molecule has 0 aliphatic rings. The number of esters is 2. The van der Waals surface area contributed by atoms with Crippen molar-refractivity contribution < 1.29 is 38.2 Å². The van der Waals surface area contributed by atoms with Crippen molar-refractivity contribution in [1.82, 2.24) is 0 Å². The van der Waals surface area contributed by atoms with Crippen molar-refractivity contribution >= 4 is 17.9 Å². The van der Waals surface area contributed by atoms with Crippen molar-refractivity contribution in [2.24, 2.45) is 0 Å². The van der Waals surface area contributed by atoms with Crippen molar-refractivity contribution in [2.45, 2.75) is 289 Å². The van der Waals surface area contributed by atoms with Crippen molar-refractivity contribution in [1.29, 1.82) is 0 Å². The summed E-state index contributed by atoms with van der Waals surface area (Å²) in [6.45, 7) is 4.68. The zero-order valence-electron chi connectivity index (χ0n) is 45.5. The summed E-state index contributed by atoms with van der Waals surface area (Å²) in [5.74, 6) is -1.72. The molecule has 0 saturated heterocycles. The lowest BCUT2D eigenvalue weighted by atomic mass is 10.0. The minimum absolute atomic E-state index is 0.0420. The van der Waals surface area contributed by atoms with Gasteiger partial charge in [0.05, 0.1) is 40.3 Å². The predicted molar refractivity (Wildman–Crippen MR) is 287 cm³/mol. The minimum Gasteiger partial charge on any atom is -0.544 e. The fraction of sp³-hybridized carbons (Fsp3) is 0.850. The Morgan fingerprint density at radius 3 is 1.18 bits per heavy atom. The first-order valence-corrected chi connectivity index (χ1v) is 29.0. The second kappa shape index (κ2) is 50.9. The van der Waals surface area contributed by atoms with Gasteiger partial charge in [-0.1, -0.05) is 243 Å². The number of carboxylic acids is 1.